The summed E-state index contributed by atoms with van der Waals surface area (Å²) < 4.78 is 0. The Balaban J connectivity index is 2.00. The first-order chi connectivity index (χ1) is 17.9. The molecular weight excluding hydrogens is 472 g/mol. The molecule has 1 heterocycles. The number of hydrogen-bond donors (Lipinski definition) is 2. The van der Waals surface area contributed by atoms with Crippen molar-refractivity contribution in [2.45, 2.75) is 72.4 Å². The van der Waals surface area contributed by atoms with Crippen LogP contribution in [0.5, 0.6) is 0 Å². The molecule has 1 amide bonds. The predicted octanol–water partition coefficient (Wildman–Crippen LogP) is 6.79. The largest absolute Gasteiger partial charge is 0.479 e. The Morgan fingerprint density at radius 2 is 1.42 bits per heavy atom. The van der Waals surface area contributed by atoms with Crippen LogP contribution in [0.3, 0.4) is 0 Å². The molecule has 2 atom stereocenters. The van der Waals surface area contributed by atoms with Gasteiger partial charge in [-0.2, -0.15) is 0 Å². The second-order valence-electron chi connectivity index (χ2n) is 11.0. The number of carboxylic acids is 1. The maximum absolute atomic E-state index is 13.5. The van der Waals surface area contributed by atoms with E-state index in [1.165, 1.54) is 6.92 Å². The van der Waals surface area contributed by atoms with Gasteiger partial charge in [0.15, 0.2) is 0 Å². The first-order valence-corrected chi connectivity index (χ1v) is 13.1. The maximum Gasteiger partial charge on any atom is 0.330 e. The number of benzene rings is 3. The van der Waals surface area contributed by atoms with E-state index < -0.39 is 16.9 Å². The molecule has 0 aliphatic heterocycles. The minimum absolute atomic E-state index is 0.205. The lowest BCUT2D eigenvalue weighted by Crippen LogP contribution is -2.66. The molecule has 5 heteroatoms. The van der Waals surface area contributed by atoms with Gasteiger partial charge in [0.05, 0.1) is 0 Å². The molecule has 0 spiro atoms. The van der Waals surface area contributed by atoms with Crippen molar-refractivity contribution in [2.24, 2.45) is 0 Å². The normalized spacial score (nSPS) is 14.6. The summed E-state index contributed by atoms with van der Waals surface area (Å²) in [6.45, 7) is 13.6. The van der Waals surface area contributed by atoms with Crippen LogP contribution < -0.4 is 0 Å². The Morgan fingerprint density at radius 3 is 2.03 bits per heavy atom. The van der Waals surface area contributed by atoms with Gasteiger partial charge in [-0.1, -0.05) is 61.5 Å². The summed E-state index contributed by atoms with van der Waals surface area (Å²) in [5.41, 5.74) is 5.73. The minimum atomic E-state index is -1.57. The smallest absolute Gasteiger partial charge is 0.330 e. The first-order valence-electron chi connectivity index (χ1n) is 13.1. The lowest BCUT2D eigenvalue weighted by Gasteiger charge is -2.50. The molecule has 0 radical (unpaired) electrons. The van der Waals surface area contributed by atoms with Gasteiger partial charge in [0.25, 0.3) is 0 Å². The summed E-state index contributed by atoms with van der Waals surface area (Å²) >= 11 is 0. The highest BCUT2D eigenvalue weighted by molar-refractivity contribution is 5.91. The van der Waals surface area contributed by atoms with Gasteiger partial charge in [0.2, 0.25) is 5.91 Å². The summed E-state index contributed by atoms with van der Waals surface area (Å²) in [5.74, 6) is -1.31. The molecule has 198 valence electrons. The molecule has 0 saturated heterocycles. The summed E-state index contributed by atoms with van der Waals surface area (Å²) in [4.78, 5) is 31.8. The number of aromatic amines is 1. The lowest BCUT2D eigenvalue weighted by atomic mass is 9.62. The van der Waals surface area contributed by atoms with Crippen molar-refractivity contribution < 1.29 is 14.7 Å². The van der Waals surface area contributed by atoms with Crippen molar-refractivity contribution in [1.82, 2.24) is 9.88 Å². The van der Waals surface area contributed by atoms with Crippen LogP contribution in [0.1, 0.15) is 59.7 Å². The standard InChI is InChI=1S/C33H38N2O3/c1-21-12-10-14-26(23(21)3)18-32(6,29-19-34-30-17-9-8-16-28(29)30)33(7,31(37)38)35(25(5)36)20-27-15-11-13-22(2)24(27)4/h8-17,19,34H,18,20H2,1-7H3,(H,37,38)/t32?,33-/m0/s1. The summed E-state index contributed by atoms with van der Waals surface area (Å²) in [6, 6.07) is 20.1. The van der Waals surface area contributed by atoms with Gasteiger partial charge in [-0.3, -0.25) is 4.79 Å². The zero-order chi connectivity index (χ0) is 27.8. The Morgan fingerprint density at radius 1 is 0.842 bits per heavy atom. The second-order valence-corrected chi connectivity index (χ2v) is 11.0. The predicted molar refractivity (Wildman–Crippen MR) is 153 cm³/mol. The van der Waals surface area contributed by atoms with Crippen LogP contribution in [0, 0.1) is 27.7 Å². The minimum Gasteiger partial charge on any atom is -0.479 e. The molecule has 0 aliphatic rings. The molecule has 3 aromatic carbocycles. The number of nitrogens with one attached hydrogen (secondary N) is 1. The number of aromatic nitrogens is 1. The molecule has 0 fully saturated rings. The van der Waals surface area contributed by atoms with Gasteiger partial charge < -0.3 is 15.0 Å². The number of H-pyrrole nitrogens is 1. The number of carbonyl (C=O) groups is 2. The maximum atomic E-state index is 13.5. The quantitative estimate of drug-likeness (QED) is 0.274. The van der Waals surface area contributed by atoms with Crippen LogP contribution in [0.4, 0.5) is 0 Å². The Kier molecular flexibility index (Phi) is 7.24. The molecule has 38 heavy (non-hydrogen) atoms. The van der Waals surface area contributed by atoms with Gasteiger partial charge in [-0.05, 0) is 86.1 Å². The average molecular weight is 511 g/mol. The van der Waals surface area contributed by atoms with Crippen molar-refractivity contribution in [3.8, 4) is 0 Å². The second kappa shape index (κ2) is 10.1. The van der Waals surface area contributed by atoms with Crippen LogP contribution in [0.2, 0.25) is 0 Å². The number of fused-ring (bicyclic) bond motifs is 1. The number of aliphatic carboxylic acids is 1. The molecule has 1 unspecified atom stereocenters. The summed E-state index contributed by atoms with van der Waals surface area (Å²) in [6.07, 6.45) is 2.37. The van der Waals surface area contributed by atoms with E-state index >= 15 is 0 Å². The molecule has 1 aromatic heterocycles. The van der Waals surface area contributed by atoms with Gasteiger partial charge in [0.1, 0.15) is 5.54 Å². The van der Waals surface area contributed by atoms with Crippen LogP contribution in [-0.4, -0.2) is 32.4 Å². The van der Waals surface area contributed by atoms with Crippen LogP contribution in [-0.2, 0) is 28.0 Å². The number of rotatable bonds is 8. The number of carboxylic acid groups (broad SMARTS) is 1. The van der Waals surface area contributed by atoms with Gasteiger partial charge in [0, 0.05) is 36.0 Å². The third-order valence-corrected chi connectivity index (χ3v) is 8.90. The average Bonchev–Trinajstić information content (AvgIpc) is 3.31. The van der Waals surface area contributed by atoms with Crippen molar-refractivity contribution >= 4 is 22.8 Å². The van der Waals surface area contributed by atoms with E-state index in [4.69, 9.17) is 0 Å². The molecule has 0 aliphatic carbocycles. The molecule has 5 nitrogen and oxygen atoms in total. The fraction of sp³-hybridized carbons (Fsp3) is 0.333. The van der Waals surface area contributed by atoms with E-state index in [-0.39, 0.29) is 12.5 Å². The van der Waals surface area contributed by atoms with Gasteiger partial charge in [-0.25, -0.2) is 4.79 Å². The van der Waals surface area contributed by atoms with Gasteiger partial charge in [-0.15, -0.1) is 0 Å². The fourth-order valence-corrected chi connectivity index (χ4v) is 5.83. The van der Waals surface area contributed by atoms with Crippen LogP contribution >= 0.6 is 0 Å². The van der Waals surface area contributed by atoms with E-state index in [9.17, 15) is 14.7 Å². The Bertz CT molecular complexity index is 1520. The zero-order valence-electron chi connectivity index (χ0n) is 23.5. The zero-order valence-corrected chi connectivity index (χ0v) is 23.5. The first kappa shape index (κ1) is 27.2. The highest BCUT2D eigenvalue weighted by Crippen LogP contribution is 2.46. The van der Waals surface area contributed by atoms with Gasteiger partial charge >= 0.3 is 5.97 Å². The monoisotopic (exact) mass is 510 g/mol. The lowest BCUT2D eigenvalue weighted by molar-refractivity contribution is -0.164. The third-order valence-electron chi connectivity index (χ3n) is 8.90. The van der Waals surface area contributed by atoms with E-state index in [1.807, 2.05) is 75.5 Å². The highest BCUT2D eigenvalue weighted by Gasteiger charge is 2.57. The molecule has 0 saturated carbocycles. The number of aryl methyl sites for hydroxylation is 2. The number of hydrogen-bond acceptors (Lipinski definition) is 2. The van der Waals surface area contributed by atoms with Crippen LogP contribution in [0.25, 0.3) is 10.9 Å². The number of carbonyl (C=O) groups excluding carboxylic acids is 1. The number of para-hydroxylation sites is 1. The molecule has 4 aromatic rings. The highest BCUT2D eigenvalue weighted by atomic mass is 16.4. The fourth-order valence-electron chi connectivity index (χ4n) is 5.83. The Labute approximate surface area is 225 Å². The van der Waals surface area contributed by atoms with E-state index in [0.717, 1.165) is 49.8 Å². The molecule has 4 rings (SSSR count). The van der Waals surface area contributed by atoms with E-state index in [2.05, 4.69) is 31.0 Å². The topological polar surface area (TPSA) is 73.4 Å². The van der Waals surface area contributed by atoms with E-state index in [0.29, 0.717) is 6.42 Å². The molecule has 2 N–H and O–H groups in total. The summed E-state index contributed by atoms with van der Waals surface area (Å²) in [5, 5.41) is 12.0. The number of amides is 1. The van der Waals surface area contributed by atoms with Crippen molar-refractivity contribution in [3.63, 3.8) is 0 Å². The SMILES string of the molecule is CC(=O)N(Cc1cccc(C)c1C)[C@@](C)(C(=O)O)C(C)(Cc1cccc(C)c1C)c1c[nH]c2ccccc12. The Hall–Kier alpha value is -3.86. The van der Waals surface area contributed by atoms with Crippen LogP contribution in [0.15, 0.2) is 66.9 Å². The molecule has 0 bridgehead atoms. The van der Waals surface area contributed by atoms with E-state index in [1.54, 1.807) is 11.8 Å². The van der Waals surface area contributed by atoms with Crippen molar-refractivity contribution in [1.29, 1.82) is 0 Å². The van der Waals surface area contributed by atoms with Crippen molar-refractivity contribution in [2.75, 3.05) is 0 Å². The number of nitrogens with zero attached hydrogens (tertiary/aromatic N) is 1. The summed E-state index contributed by atoms with van der Waals surface area (Å²) in [7, 11) is 0. The molecular formula is C33H38N2O3. The van der Waals surface area contributed by atoms with Crippen molar-refractivity contribution in [3.05, 3.63) is 106 Å². The third kappa shape index (κ3) is 4.40.